The van der Waals surface area contributed by atoms with Gasteiger partial charge in [-0.25, -0.2) is 4.39 Å². The van der Waals surface area contributed by atoms with Gasteiger partial charge >= 0.3 is 0 Å². The van der Waals surface area contributed by atoms with Crippen LogP contribution in [-0.2, 0) is 11.3 Å². The highest BCUT2D eigenvalue weighted by atomic mass is 19.1. The highest BCUT2D eigenvalue weighted by Gasteiger charge is 2.22. The number of amides is 1. The first-order chi connectivity index (χ1) is 10.1. The van der Waals surface area contributed by atoms with Gasteiger partial charge in [-0.3, -0.25) is 9.48 Å². The number of halogens is 1. The van der Waals surface area contributed by atoms with Gasteiger partial charge in [-0.05, 0) is 18.6 Å². The minimum Gasteiger partial charge on any atom is -0.396 e. The van der Waals surface area contributed by atoms with E-state index < -0.39 is 17.8 Å². The Morgan fingerprint density at radius 2 is 2.24 bits per heavy atom. The number of hydrogen-bond acceptors (Lipinski definition) is 5. The lowest BCUT2D eigenvalue weighted by Crippen LogP contribution is -2.28. The molecular formula is C13H16FN5O2. The lowest BCUT2D eigenvalue weighted by atomic mass is 10.2. The Kier molecular flexibility index (Phi) is 4.83. The molecular weight excluding hydrogens is 277 g/mol. The van der Waals surface area contributed by atoms with Gasteiger partial charge in [-0.1, -0.05) is 17.3 Å². The van der Waals surface area contributed by atoms with Gasteiger partial charge in [0.15, 0.2) is 6.04 Å². The molecule has 1 aromatic heterocycles. The van der Waals surface area contributed by atoms with Crippen LogP contribution >= 0.6 is 0 Å². The predicted octanol–water partition coefficient (Wildman–Crippen LogP) is 0.438. The molecule has 1 amide bonds. The minimum atomic E-state index is -0.982. The monoisotopic (exact) mass is 293 g/mol. The van der Waals surface area contributed by atoms with Crippen molar-refractivity contribution in [2.45, 2.75) is 19.0 Å². The van der Waals surface area contributed by atoms with Crippen molar-refractivity contribution in [1.29, 1.82) is 0 Å². The van der Waals surface area contributed by atoms with E-state index >= 15 is 0 Å². The summed E-state index contributed by atoms with van der Waals surface area (Å²) in [6.07, 6.45) is 2.06. The van der Waals surface area contributed by atoms with Crippen molar-refractivity contribution in [3.63, 3.8) is 0 Å². The number of rotatable bonds is 7. The van der Waals surface area contributed by atoms with Gasteiger partial charge in [0, 0.05) is 13.2 Å². The van der Waals surface area contributed by atoms with E-state index in [9.17, 15) is 9.18 Å². The smallest absolute Gasteiger partial charge is 0.246 e. The van der Waals surface area contributed by atoms with E-state index in [0.717, 1.165) is 0 Å². The zero-order chi connectivity index (χ0) is 15.2. The van der Waals surface area contributed by atoms with Crippen molar-refractivity contribution in [2.75, 3.05) is 11.9 Å². The van der Waals surface area contributed by atoms with Gasteiger partial charge in [0.2, 0.25) is 5.91 Å². The summed E-state index contributed by atoms with van der Waals surface area (Å²) in [5.74, 6) is -1.18. The number of aromatic nitrogens is 3. The predicted molar refractivity (Wildman–Crippen MR) is 73.7 cm³/mol. The summed E-state index contributed by atoms with van der Waals surface area (Å²) in [5.41, 5.74) is 5.79. The summed E-state index contributed by atoms with van der Waals surface area (Å²) < 4.78 is 15.1. The molecule has 1 unspecified atom stereocenters. The molecule has 1 atom stereocenters. The van der Waals surface area contributed by atoms with E-state index in [-0.39, 0.29) is 12.3 Å². The van der Waals surface area contributed by atoms with Crippen LogP contribution in [0.25, 0.3) is 0 Å². The molecule has 21 heavy (non-hydrogen) atoms. The fourth-order valence-electron chi connectivity index (χ4n) is 1.81. The molecule has 0 aliphatic rings. The van der Waals surface area contributed by atoms with Crippen molar-refractivity contribution in [2.24, 2.45) is 5.73 Å². The lowest BCUT2D eigenvalue weighted by molar-refractivity contribution is -0.118. The maximum Gasteiger partial charge on any atom is 0.246 e. The summed E-state index contributed by atoms with van der Waals surface area (Å²) in [5, 5.41) is 19.2. The molecule has 1 aromatic carbocycles. The van der Waals surface area contributed by atoms with Gasteiger partial charge in [-0.2, -0.15) is 0 Å². The standard InChI is InChI=1S/C13H16FN5O2/c14-9-4-1-2-5-10(9)16-12(13(15)21)11-8-19(18-17-11)6-3-7-20/h1-2,4-5,8,12,16,20H,3,6-7H2,(H2,15,21). The first-order valence-electron chi connectivity index (χ1n) is 6.43. The average molecular weight is 293 g/mol. The molecule has 112 valence electrons. The maximum atomic E-state index is 13.6. The summed E-state index contributed by atoms with van der Waals surface area (Å²) in [6.45, 7) is 0.497. The average Bonchev–Trinajstić information content (AvgIpc) is 2.92. The molecule has 0 saturated heterocycles. The van der Waals surface area contributed by atoms with E-state index in [4.69, 9.17) is 10.8 Å². The highest BCUT2D eigenvalue weighted by Crippen LogP contribution is 2.20. The number of benzene rings is 1. The van der Waals surface area contributed by atoms with Crippen LogP contribution in [0.1, 0.15) is 18.2 Å². The van der Waals surface area contributed by atoms with Gasteiger partial charge < -0.3 is 16.2 Å². The third-order valence-electron chi connectivity index (χ3n) is 2.86. The normalized spacial score (nSPS) is 12.1. The van der Waals surface area contributed by atoms with Gasteiger partial charge in [0.05, 0.1) is 11.9 Å². The van der Waals surface area contributed by atoms with E-state index in [1.807, 2.05) is 0 Å². The number of aliphatic hydroxyl groups excluding tert-OH is 1. The van der Waals surface area contributed by atoms with Gasteiger partial charge in [0.1, 0.15) is 11.5 Å². The summed E-state index contributed by atoms with van der Waals surface area (Å²) >= 11 is 0. The van der Waals surface area contributed by atoms with Crippen LogP contribution in [0, 0.1) is 5.82 Å². The summed E-state index contributed by atoms with van der Waals surface area (Å²) in [4.78, 5) is 11.6. The second-order valence-electron chi connectivity index (χ2n) is 4.44. The number of nitrogens with two attached hydrogens (primary N) is 1. The first kappa shape index (κ1) is 14.9. The number of primary amides is 1. The number of hydrogen-bond donors (Lipinski definition) is 3. The number of carbonyl (C=O) groups excluding carboxylic acids is 1. The third kappa shape index (κ3) is 3.76. The number of aliphatic hydroxyl groups is 1. The number of para-hydroxylation sites is 1. The number of aryl methyl sites for hydroxylation is 1. The van der Waals surface area contributed by atoms with Crippen molar-refractivity contribution < 1.29 is 14.3 Å². The Bertz CT molecular complexity index is 616. The Balaban J connectivity index is 2.17. The Morgan fingerprint density at radius 3 is 2.90 bits per heavy atom. The molecule has 7 nitrogen and oxygen atoms in total. The third-order valence-corrected chi connectivity index (χ3v) is 2.86. The number of anilines is 1. The fraction of sp³-hybridized carbons (Fsp3) is 0.308. The molecule has 2 rings (SSSR count). The van der Waals surface area contributed by atoms with Crippen LogP contribution in [-0.4, -0.2) is 32.6 Å². The maximum absolute atomic E-state index is 13.6. The van der Waals surface area contributed by atoms with E-state index in [2.05, 4.69) is 15.6 Å². The summed E-state index contributed by atoms with van der Waals surface area (Å²) in [6, 6.07) is 4.98. The molecule has 0 saturated carbocycles. The topological polar surface area (TPSA) is 106 Å². The molecule has 0 spiro atoms. The van der Waals surface area contributed by atoms with E-state index in [1.165, 1.54) is 16.8 Å². The van der Waals surface area contributed by atoms with Crippen LogP contribution in [0.2, 0.25) is 0 Å². The second kappa shape index (κ2) is 6.80. The molecule has 2 aromatic rings. The minimum absolute atomic E-state index is 0.0297. The molecule has 0 radical (unpaired) electrons. The van der Waals surface area contributed by atoms with Crippen LogP contribution in [0.4, 0.5) is 10.1 Å². The fourth-order valence-corrected chi connectivity index (χ4v) is 1.81. The number of carbonyl (C=O) groups is 1. The van der Waals surface area contributed by atoms with Crippen LogP contribution < -0.4 is 11.1 Å². The highest BCUT2D eigenvalue weighted by molar-refractivity contribution is 5.83. The second-order valence-corrected chi connectivity index (χ2v) is 4.44. The van der Waals surface area contributed by atoms with E-state index in [1.54, 1.807) is 18.3 Å². The molecule has 0 aliphatic carbocycles. The van der Waals surface area contributed by atoms with Crippen molar-refractivity contribution in [3.8, 4) is 0 Å². The van der Waals surface area contributed by atoms with E-state index in [0.29, 0.717) is 18.7 Å². The van der Waals surface area contributed by atoms with Crippen LogP contribution in [0.3, 0.4) is 0 Å². The van der Waals surface area contributed by atoms with Crippen molar-refractivity contribution in [3.05, 3.63) is 42.0 Å². The first-order valence-corrected chi connectivity index (χ1v) is 6.43. The van der Waals surface area contributed by atoms with Crippen LogP contribution in [0.15, 0.2) is 30.5 Å². The molecule has 0 aliphatic heterocycles. The van der Waals surface area contributed by atoms with Crippen molar-refractivity contribution >= 4 is 11.6 Å². The Hall–Kier alpha value is -2.48. The molecule has 1 heterocycles. The largest absolute Gasteiger partial charge is 0.396 e. The Morgan fingerprint density at radius 1 is 1.48 bits per heavy atom. The lowest BCUT2D eigenvalue weighted by Gasteiger charge is -2.14. The molecule has 8 heteroatoms. The Labute approximate surface area is 120 Å². The zero-order valence-electron chi connectivity index (χ0n) is 11.2. The van der Waals surface area contributed by atoms with Gasteiger partial charge in [0.25, 0.3) is 0 Å². The van der Waals surface area contributed by atoms with Crippen LogP contribution in [0.5, 0.6) is 0 Å². The SMILES string of the molecule is NC(=O)C(Nc1ccccc1F)c1cn(CCCO)nn1. The molecule has 0 fully saturated rings. The molecule has 4 N–H and O–H groups in total. The van der Waals surface area contributed by atoms with Crippen molar-refractivity contribution in [1.82, 2.24) is 15.0 Å². The summed E-state index contributed by atoms with van der Waals surface area (Å²) in [7, 11) is 0. The van der Waals surface area contributed by atoms with Gasteiger partial charge in [-0.15, -0.1) is 5.10 Å². The number of nitrogens with one attached hydrogen (secondary N) is 1. The number of nitrogens with zero attached hydrogens (tertiary/aromatic N) is 3. The zero-order valence-corrected chi connectivity index (χ0v) is 11.2. The quantitative estimate of drug-likeness (QED) is 0.686. The molecule has 0 bridgehead atoms.